The second-order valence-corrected chi connectivity index (χ2v) is 6.19. The Balaban J connectivity index is 1.96. The van der Waals surface area contributed by atoms with Gasteiger partial charge < -0.3 is 15.8 Å². The molecule has 3 nitrogen and oxygen atoms in total. The quantitative estimate of drug-likeness (QED) is 0.782. The van der Waals surface area contributed by atoms with Crippen molar-refractivity contribution in [3.8, 4) is 5.75 Å². The summed E-state index contributed by atoms with van der Waals surface area (Å²) in [6.45, 7) is 6.34. The van der Waals surface area contributed by atoms with E-state index in [2.05, 4.69) is 18.3 Å². The summed E-state index contributed by atoms with van der Waals surface area (Å²) in [5.41, 5.74) is 7.78. The van der Waals surface area contributed by atoms with Crippen molar-refractivity contribution in [2.75, 3.05) is 11.1 Å². The number of anilines is 2. The van der Waals surface area contributed by atoms with Crippen molar-refractivity contribution < 1.29 is 4.74 Å². The number of nitrogen functional groups attached to an aromatic ring is 1. The fourth-order valence-corrected chi connectivity index (χ4v) is 2.93. The van der Waals surface area contributed by atoms with Crippen LogP contribution < -0.4 is 15.8 Å². The maximum atomic E-state index is 5.95. The first kappa shape index (κ1) is 15.0. The highest BCUT2D eigenvalue weighted by Crippen LogP contribution is 2.31. The Hall–Kier alpha value is -1.38. The van der Waals surface area contributed by atoms with Crippen LogP contribution >= 0.6 is 0 Å². The van der Waals surface area contributed by atoms with E-state index < -0.39 is 0 Å². The summed E-state index contributed by atoms with van der Waals surface area (Å²) in [6, 6.07) is 6.60. The molecule has 112 valence electrons. The first-order valence-corrected chi connectivity index (χ1v) is 7.91. The molecule has 1 aromatic rings. The highest BCUT2D eigenvalue weighted by Gasteiger charge is 2.19. The zero-order chi connectivity index (χ0) is 14.5. The minimum Gasteiger partial charge on any atom is -0.489 e. The number of hydrogen-bond donors (Lipinski definition) is 2. The number of nitrogens with one attached hydrogen (secondary N) is 1. The van der Waals surface area contributed by atoms with Gasteiger partial charge in [-0.1, -0.05) is 13.3 Å². The third-order valence-corrected chi connectivity index (χ3v) is 4.17. The van der Waals surface area contributed by atoms with Crippen LogP contribution in [-0.4, -0.2) is 12.1 Å². The van der Waals surface area contributed by atoms with Crippen molar-refractivity contribution in [1.29, 1.82) is 0 Å². The normalized spacial score (nSPS) is 22.8. The molecule has 0 aromatic heterocycles. The molecule has 0 radical (unpaired) electrons. The Morgan fingerprint density at radius 1 is 1.25 bits per heavy atom. The molecule has 0 spiro atoms. The van der Waals surface area contributed by atoms with Gasteiger partial charge in [0.05, 0.1) is 11.8 Å². The number of benzene rings is 1. The minimum atomic E-state index is 0.146. The Kier molecular flexibility index (Phi) is 5.16. The molecule has 20 heavy (non-hydrogen) atoms. The first-order valence-electron chi connectivity index (χ1n) is 7.91. The van der Waals surface area contributed by atoms with Gasteiger partial charge in [-0.2, -0.15) is 0 Å². The smallest absolute Gasteiger partial charge is 0.144 e. The van der Waals surface area contributed by atoms with E-state index in [1.165, 1.54) is 32.1 Å². The topological polar surface area (TPSA) is 47.3 Å². The highest BCUT2D eigenvalue weighted by molar-refractivity contribution is 5.61. The van der Waals surface area contributed by atoms with Gasteiger partial charge in [0.25, 0.3) is 0 Å². The van der Waals surface area contributed by atoms with Crippen LogP contribution in [-0.2, 0) is 0 Å². The monoisotopic (exact) mass is 276 g/mol. The molecule has 0 unspecified atom stereocenters. The van der Waals surface area contributed by atoms with E-state index >= 15 is 0 Å². The molecule has 1 aliphatic carbocycles. The van der Waals surface area contributed by atoms with Crippen molar-refractivity contribution in [2.45, 2.75) is 65.0 Å². The molecule has 1 aliphatic rings. The molecule has 0 amide bonds. The maximum Gasteiger partial charge on any atom is 0.144 e. The lowest BCUT2D eigenvalue weighted by atomic mass is 9.84. The highest BCUT2D eigenvalue weighted by atomic mass is 16.5. The third-order valence-electron chi connectivity index (χ3n) is 4.17. The maximum absolute atomic E-state index is 5.95. The minimum absolute atomic E-state index is 0.146. The predicted octanol–water partition coefficient (Wildman–Crippen LogP) is 4.44. The summed E-state index contributed by atoms with van der Waals surface area (Å²) in [7, 11) is 0. The van der Waals surface area contributed by atoms with Crippen molar-refractivity contribution in [1.82, 2.24) is 0 Å². The summed E-state index contributed by atoms with van der Waals surface area (Å²) in [6.07, 6.45) is 6.69. The van der Waals surface area contributed by atoms with E-state index in [0.29, 0.717) is 11.7 Å². The Morgan fingerprint density at radius 3 is 2.55 bits per heavy atom. The number of ether oxygens (including phenoxy) is 1. The Bertz CT molecular complexity index is 423. The third kappa shape index (κ3) is 4.06. The van der Waals surface area contributed by atoms with Crippen molar-refractivity contribution in [3.05, 3.63) is 18.2 Å². The molecule has 0 aliphatic heterocycles. The molecule has 0 saturated heterocycles. The van der Waals surface area contributed by atoms with Gasteiger partial charge in [0.2, 0.25) is 0 Å². The van der Waals surface area contributed by atoms with Crippen LogP contribution in [0.2, 0.25) is 0 Å². The molecule has 1 aromatic carbocycles. The summed E-state index contributed by atoms with van der Waals surface area (Å²) in [4.78, 5) is 0. The summed E-state index contributed by atoms with van der Waals surface area (Å²) >= 11 is 0. The number of hydrogen-bond acceptors (Lipinski definition) is 3. The van der Waals surface area contributed by atoms with E-state index in [1.54, 1.807) is 0 Å². The molecule has 0 heterocycles. The summed E-state index contributed by atoms with van der Waals surface area (Å²) < 4.78 is 5.74. The zero-order valence-corrected chi connectivity index (χ0v) is 13.0. The van der Waals surface area contributed by atoms with Gasteiger partial charge >= 0.3 is 0 Å². The van der Waals surface area contributed by atoms with E-state index in [9.17, 15) is 0 Å². The van der Waals surface area contributed by atoms with Gasteiger partial charge in [-0.05, 0) is 57.6 Å². The van der Waals surface area contributed by atoms with Gasteiger partial charge in [0.1, 0.15) is 5.75 Å². The van der Waals surface area contributed by atoms with Gasteiger partial charge in [-0.15, -0.1) is 0 Å². The molecule has 3 heteroatoms. The predicted molar refractivity (Wildman–Crippen MR) is 86.3 cm³/mol. The Labute approximate surface area is 122 Å². The lowest BCUT2D eigenvalue weighted by Crippen LogP contribution is -2.25. The van der Waals surface area contributed by atoms with Crippen LogP contribution in [0.1, 0.15) is 52.9 Å². The molecule has 1 saturated carbocycles. The largest absolute Gasteiger partial charge is 0.489 e. The number of rotatable bonds is 5. The van der Waals surface area contributed by atoms with Crippen molar-refractivity contribution in [2.24, 2.45) is 5.92 Å². The summed E-state index contributed by atoms with van der Waals surface area (Å²) in [5.74, 6) is 1.71. The van der Waals surface area contributed by atoms with Crippen LogP contribution in [0.25, 0.3) is 0 Å². The standard InChI is InChI=1S/C17H28N2O/c1-4-13-5-7-14(8-6-13)19-15-9-10-16(18)17(11-15)20-12(2)3/h9-14,19H,4-8,18H2,1-3H3. The molecular weight excluding hydrogens is 248 g/mol. The van der Waals surface area contributed by atoms with Crippen LogP contribution in [0.5, 0.6) is 5.75 Å². The molecule has 1 fully saturated rings. The lowest BCUT2D eigenvalue weighted by Gasteiger charge is -2.29. The van der Waals surface area contributed by atoms with E-state index in [4.69, 9.17) is 10.5 Å². The molecule has 0 atom stereocenters. The van der Waals surface area contributed by atoms with Crippen LogP contribution in [0.15, 0.2) is 18.2 Å². The SMILES string of the molecule is CCC1CCC(Nc2ccc(N)c(OC(C)C)c2)CC1. The van der Waals surface area contributed by atoms with Gasteiger partial charge in [-0.25, -0.2) is 0 Å². The first-order chi connectivity index (χ1) is 9.58. The fraction of sp³-hybridized carbons (Fsp3) is 0.647. The fourth-order valence-electron chi connectivity index (χ4n) is 2.93. The molecule has 0 bridgehead atoms. The van der Waals surface area contributed by atoms with Gasteiger partial charge in [0.15, 0.2) is 0 Å². The van der Waals surface area contributed by atoms with Crippen molar-refractivity contribution >= 4 is 11.4 Å². The number of nitrogens with two attached hydrogens (primary N) is 1. The lowest BCUT2D eigenvalue weighted by molar-refractivity contribution is 0.244. The van der Waals surface area contributed by atoms with E-state index in [1.807, 2.05) is 26.0 Å². The van der Waals surface area contributed by atoms with E-state index in [0.717, 1.165) is 17.4 Å². The van der Waals surface area contributed by atoms with Crippen LogP contribution in [0, 0.1) is 5.92 Å². The van der Waals surface area contributed by atoms with Crippen LogP contribution in [0.3, 0.4) is 0 Å². The molecular formula is C17H28N2O. The second kappa shape index (κ2) is 6.87. The van der Waals surface area contributed by atoms with Gasteiger partial charge in [0, 0.05) is 17.8 Å². The molecule has 3 N–H and O–H groups in total. The molecule has 2 rings (SSSR count). The van der Waals surface area contributed by atoms with Crippen molar-refractivity contribution in [3.63, 3.8) is 0 Å². The second-order valence-electron chi connectivity index (χ2n) is 6.19. The average Bonchev–Trinajstić information content (AvgIpc) is 2.43. The van der Waals surface area contributed by atoms with Crippen LogP contribution in [0.4, 0.5) is 11.4 Å². The zero-order valence-electron chi connectivity index (χ0n) is 13.0. The summed E-state index contributed by atoms with van der Waals surface area (Å²) in [5, 5.41) is 3.63. The van der Waals surface area contributed by atoms with E-state index in [-0.39, 0.29) is 6.10 Å². The van der Waals surface area contributed by atoms with Gasteiger partial charge in [-0.3, -0.25) is 0 Å². The average molecular weight is 276 g/mol. The Morgan fingerprint density at radius 2 is 1.95 bits per heavy atom.